The first-order valence-electron chi connectivity index (χ1n) is 17.2. The van der Waals surface area contributed by atoms with Crippen LogP contribution in [0, 0.1) is 0 Å². The Morgan fingerprint density at radius 1 is 0.824 bits per heavy atom. The Hall–Kier alpha value is -4.04. The van der Waals surface area contributed by atoms with E-state index in [0.29, 0.717) is 71.0 Å². The lowest BCUT2D eigenvalue weighted by Crippen LogP contribution is -2.43. The van der Waals surface area contributed by atoms with E-state index in [4.69, 9.17) is 40.4 Å². The highest BCUT2D eigenvalue weighted by Gasteiger charge is 2.32. The fourth-order valence-electron chi connectivity index (χ4n) is 5.80. The van der Waals surface area contributed by atoms with Crippen molar-refractivity contribution in [3.63, 3.8) is 0 Å². The highest BCUT2D eigenvalue weighted by atomic mass is 35.5. The number of fused-ring (bicyclic) bond motifs is 1. The van der Waals surface area contributed by atoms with Crippen molar-refractivity contribution in [1.29, 1.82) is 0 Å². The maximum atomic E-state index is 12.6. The van der Waals surface area contributed by atoms with Crippen molar-refractivity contribution in [3.05, 3.63) is 77.3 Å². The zero-order valence-corrected chi connectivity index (χ0v) is 30.0. The lowest BCUT2D eigenvalue weighted by atomic mass is 9.89. The monoisotopic (exact) mass is 725 g/mol. The maximum absolute atomic E-state index is 12.6. The molecule has 0 spiro atoms. The highest BCUT2D eigenvalue weighted by molar-refractivity contribution is 6.30. The Kier molecular flexibility index (Phi) is 16.6. The molecule has 4 rings (SSSR count). The van der Waals surface area contributed by atoms with Crippen molar-refractivity contribution >= 4 is 46.9 Å². The van der Waals surface area contributed by atoms with Gasteiger partial charge in [0.2, 0.25) is 12.3 Å². The number of carboxylic acid groups (broad SMARTS) is 1. The van der Waals surface area contributed by atoms with E-state index in [-0.39, 0.29) is 31.0 Å². The molecule has 13 heteroatoms. The number of nitrogens with zero attached hydrogens (tertiary/aromatic N) is 2. The molecule has 2 amide bonds. The van der Waals surface area contributed by atoms with E-state index in [2.05, 4.69) is 18.3 Å². The van der Waals surface area contributed by atoms with Crippen molar-refractivity contribution in [2.75, 3.05) is 87.7 Å². The van der Waals surface area contributed by atoms with Crippen molar-refractivity contribution < 1.29 is 43.2 Å². The van der Waals surface area contributed by atoms with Crippen LogP contribution in [0.3, 0.4) is 0 Å². The molecule has 0 radical (unpaired) electrons. The Morgan fingerprint density at radius 2 is 1.37 bits per heavy atom. The van der Waals surface area contributed by atoms with Gasteiger partial charge in [0.15, 0.2) is 0 Å². The summed E-state index contributed by atoms with van der Waals surface area (Å²) >= 11 is 6.11. The van der Waals surface area contributed by atoms with Crippen LogP contribution in [0.1, 0.15) is 38.3 Å². The summed E-state index contributed by atoms with van der Waals surface area (Å²) in [6.07, 6.45) is 1.53. The normalized spacial score (nSPS) is 15.3. The topological polar surface area (TPSA) is 136 Å². The average Bonchev–Trinajstić information content (AvgIpc) is 3.12. The van der Waals surface area contributed by atoms with Crippen LogP contribution >= 0.6 is 11.6 Å². The van der Waals surface area contributed by atoms with E-state index in [1.54, 1.807) is 11.8 Å². The number of hydrogen-bond donors (Lipinski definition) is 2. The van der Waals surface area contributed by atoms with E-state index in [1.807, 2.05) is 65.6 Å². The van der Waals surface area contributed by atoms with E-state index in [1.165, 1.54) is 0 Å². The number of anilines is 3. The predicted molar refractivity (Wildman–Crippen MR) is 197 cm³/mol. The summed E-state index contributed by atoms with van der Waals surface area (Å²) in [6.45, 7) is 7.81. The average molecular weight is 726 g/mol. The summed E-state index contributed by atoms with van der Waals surface area (Å²) in [5.41, 5.74) is 5.67. The van der Waals surface area contributed by atoms with Gasteiger partial charge in [0.25, 0.3) is 0 Å². The van der Waals surface area contributed by atoms with Gasteiger partial charge in [-0.05, 0) is 78.6 Å². The number of aliphatic carboxylic acids is 1. The van der Waals surface area contributed by atoms with Gasteiger partial charge in [-0.25, -0.2) is 0 Å². The number of rotatable bonds is 23. The molecule has 1 heterocycles. The third kappa shape index (κ3) is 12.9. The van der Waals surface area contributed by atoms with Crippen molar-refractivity contribution in [3.8, 4) is 11.1 Å². The Morgan fingerprint density at radius 3 is 1.92 bits per heavy atom. The number of benzene rings is 3. The second kappa shape index (κ2) is 21.4. The molecule has 2 N–H and O–H groups in total. The summed E-state index contributed by atoms with van der Waals surface area (Å²) in [5, 5.41) is 12.8. The molecule has 3 aromatic carbocycles. The standard InChI is InChI=1S/C38H48ClN3O9/c1-28-25-36(40-33-8-6-32(39)7-9-33)35-26-31(5-12-37(35)42(28)29(2)44)30-3-10-34(11-4-30)41(27-43)14-16-48-18-20-50-22-24-51-23-21-49-19-17-47-15-13-38(45)46/h3-12,26-28,36,40H,13-25H2,1-2H3,(H,45,46)/t28-,36+/m0/s1. The molecule has 3 aromatic rings. The number of carbonyl (C=O) groups excluding carboxylic acids is 2. The molecule has 1 aliphatic heterocycles. The van der Waals surface area contributed by atoms with Crippen LogP contribution in [-0.4, -0.2) is 102 Å². The molecular formula is C38H48ClN3O9. The number of halogens is 1. The first-order chi connectivity index (χ1) is 24.8. The molecule has 276 valence electrons. The number of carbonyl (C=O) groups is 3. The molecule has 0 fully saturated rings. The number of ether oxygens (including phenoxy) is 5. The molecule has 0 saturated heterocycles. The van der Waals surface area contributed by atoms with Crippen LogP contribution < -0.4 is 15.1 Å². The maximum Gasteiger partial charge on any atom is 0.305 e. The minimum absolute atomic E-state index is 0.00221. The van der Waals surface area contributed by atoms with Gasteiger partial charge in [0.05, 0.1) is 78.5 Å². The third-order valence-corrected chi connectivity index (χ3v) is 8.54. The second-order valence-electron chi connectivity index (χ2n) is 12.0. The fraction of sp³-hybridized carbons (Fsp3) is 0.447. The van der Waals surface area contributed by atoms with E-state index < -0.39 is 5.97 Å². The summed E-state index contributed by atoms with van der Waals surface area (Å²) in [6, 6.07) is 21.7. The van der Waals surface area contributed by atoms with Gasteiger partial charge >= 0.3 is 5.97 Å². The molecule has 0 aliphatic carbocycles. The van der Waals surface area contributed by atoms with Crippen molar-refractivity contribution in [1.82, 2.24) is 0 Å². The minimum atomic E-state index is -0.886. The fourth-order valence-corrected chi connectivity index (χ4v) is 5.93. The Bertz CT molecular complexity index is 1520. The van der Waals surface area contributed by atoms with Crippen LogP contribution in [-0.2, 0) is 38.1 Å². The molecule has 1 aliphatic rings. The van der Waals surface area contributed by atoms with Gasteiger partial charge < -0.3 is 43.9 Å². The summed E-state index contributed by atoms with van der Waals surface area (Å²) in [7, 11) is 0. The predicted octanol–water partition coefficient (Wildman–Crippen LogP) is 5.83. The van der Waals surface area contributed by atoms with Crippen LogP contribution in [0.15, 0.2) is 66.7 Å². The first kappa shape index (κ1) is 39.7. The lowest BCUT2D eigenvalue weighted by Gasteiger charge is -2.39. The number of carboxylic acids is 1. The molecule has 0 aromatic heterocycles. The van der Waals surface area contributed by atoms with Gasteiger partial charge in [-0.3, -0.25) is 14.4 Å². The molecule has 0 unspecified atom stereocenters. The molecule has 0 saturated carbocycles. The van der Waals surface area contributed by atoms with E-state index >= 15 is 0 Å². The lowest BCUT2D eigenvalue weighted by molar-refractivity contribution is -0.138. The molecule has 12 nitrogen and oxygen atoms in total. The van der Waals surface area contributed by atoms with Gasteiger partial charge in [-0.2, -0.15) is 0 Å². The molecule has 2 atom stereocenters. The van der Waals surface area contributed by atoms with Gasteiger partial charge in [0, 0.05) is 41.6 Å². The van der Waals surface area contributed by atoms with Gasteiger partial charge in [-0.15, -0.1) is 0 Å². The quantitative estimate of drug-likeness (QED) is 0.0909. The molecular weight excluding hydrogens is 678 g/mol. The Balaban J connectivity index is 1.18. The Labute approximate surface area is 304 Å². The number of hydrogen-bond acceptors (Lipinski definition) is 9. The highest BCUT2D eigenvalue weighted by Crippen LogP contribution is 2.41. The van der Waals surface area contributed by atoms with Crippen molar-refractivity contribution in [2.45, 2.75) is 38.8 Å². The number of amides is 2. The summed E-state index contributed by atoms with van der Waals surface area (Å²) < 4.78 is 27.1. The van der Waals surface area contributed by atoms with E-state index in [0.717, 1.165) is 46.6 Å². The molecule has 0 bridgehead atoms. The summed E-state index contributed by atoms with van der Waals surface area (Å²) in [4.78, 5) is 38.4. The minimum Gasteiger partial charge on any atom is -0.481 e. The zero-order chi connectivity index (χ0) is 36.4. The number of nitrogens with one attached hydrogen (secondary N) is 1. The van der Waals surface area contributed by atoms with Crippen LogP contribution in [0.25, 0.3) is 11.1 Å². The van der Waals surface area contributed by atoms with E-state index in [9.17, 15) is 14.4 Å². The van der Waals surface area contributed by atoms with Gasteiger partial charge in [-0.1, -0.05) is 29.8 Å². The van der Waals surface area contributed by atoms with Crippen molar-refractivity contribution in [2.24, 2.45) is 0 Å². The third-order valence-electron chi connectivity index (χ3n) is 8.29. The second-order valence-corrected chi connectivity index (χ2v) is 12.4. The SMILES string of the molecule is CC(=O)N1c2ccc(-c3ccc(N(C=O)CCOCCOCCOCCOCCOCCC(=O)O)cc3)cc2[C@H](Nc2ccc(Cl)cc2)C[C@@H]1C. The van der Waals surface area contributed by atoms with Crippen LogP contribution in [0.2, 0.25) is 5.02 Å². The summed E-state index contributed by atoms with van der Waals surface area (Å²) in [5.74, 6) is -0.875. The first-order valence-corrected chi connectivity index (χ1v) is 17.5. The molecule has 51 heavy (non-hydrogen) atoms. The largest absolute Gasteiger partial charge is 0.481 e. The smallest absolute Gasteiger partial charge is 0.305 e. The van der Waals surface area contributed by atoms with Crippen LogP contribution in [0.4, 0.5) is 17.1 Å². The zero-order valence-electron chi connectivity index (χ0n) is 29.3. The van der Waals surface area contributed by atoms with Gasteiger partial charge in [0.1, 0.15) is 0 Å². The van der Waals surface area contributed by atoms with Crippen LogP contribution in [0.5, 0.6) is 0 Å².